The molecule has 0 aliphatic carbocycles. The topological polar surface area (TPSA) is 101 Å². The number of hydrogen-bond acceptors (Lipinski definition) is 4. The molecule has 0 unspecified atom stereocenters. The first-order valence-corrected chi connectivity index (χ1v) is 8.23. The highest BCUT2D eigenvalue weighted by atomic mass is 79.9. The molecule has 0 radical (unpaired) electrons. The van der Waals surface area contributed by atoms with Gasteiger partial charge in [0, 0.05) is 6.54 Å². The van der Waals surface area contributed by atoms with Gasteiger partial charge < -0.3 is 5.73 Å². The molecular formula is C11H12BrClN4O2S. The van der Waals surface area contributed by atoms with Gasteiger partial charge in [-0.15, -0.1) is 0 Å². The molecule has 0 atom stereocenters. The standard InChI is InChI=1S/C11H12BrClN4O2S/c1-6-11(9(5-14)16-15-6)20(18,19)17-8-4-2-3-7(13)10(8)12/h2-4,17H,5,14H2,1H3,(H,15,16). The molecule has 108 valence electrons. The molecule has 0 fully saturated rings. The minimum absolute atomic E-state index is 0.0251. The third-order valence-corrected chi connectivity index (χ3v) is 5.58. The molecule has 1 aromatic heterocycles. The Hall–Kier alpha value is -1.09. The molecule has 0 bridgehead atoms. The van der Waals surface area contributed by atoms with E-state index in [0.717, 1.165) is 0 Å². The number of aryl methyl sites for hydroxylation is 1. The number of nitrogens with one attached hydrogen (secondary N) is 2. The summed E-state index contributed by atoms with van der Waals surface area (Å²) >= 11 is 9.18. The molecule has 0 saturated heterocycles. The lowest BCUT2D eigenvalue weighted by molar-refractivity contribution is 0.599. The lowest BCUT2D eigenvalue weighted by Crippen LogP contribution is -2.16. The van der Waals surface area contributed by atoms with Crippen LogP contribution in [0.1, 0.15) is 11.4 Å². The van der Waals surface area contributed by atoms with Crippen LogP contribution in [0.25, 0.3) is 0 Å². The third-order valence-electron chi connectivity index (χ3n) is 2.62. The number of sulfonamides is 1. The van der Waals surface area contributed by atoms with Gasteiger partial charge in [0.25, 0.3) is 10.0 Å². The summed E-state index contributed by atoms with van der Waals surface area (Å²) in [5.74, 6) is 0. The van der Waals surface area contributed by atoms with Gasteiger partial charge in [-0.1, -0.05) is 17.7 Å². The zero-order valence-electron chi connectivity index (χ0n) is 10.4. The lowest BCUT2D eigenvalue weighted by Gasteiger charge is -2.11. The molecule has 4 N–H and O–H groups in total. The van der Waals surface area contributed by atoms with E-state index in [9.17, 15) is 8.42 Å². The molecule has 0 aliphatic rings. The van der Waals surface area contributed by atoms with Crippen LogP contribution < -0.4 is 10.5 Å². The fourth-order valence-corrected chi connectivity index (χ4v) is 3.86. The molecule has 2 rings (SSSR count). The Kier molecular flexibility index (Phi) is 4.38. The Morgan fingerprint density at radius 1 is 1.50 bits per heavy atom. The third kappa shape index (κ3) is 2.83. The van der Waals surface area contributed by atoms with Gasteiger partial charge in [-0.25, -0.2) is 8.42 Å². The summed E-state index contributed by atoms with van der Waals surface area (Å²) in [5.41, 5.74) is 6.56. The molecule has 0 aliphatic heterocycles. The maximum atomic E-state index is 12.4. The maximum absolute atomic E-state index is 12.4. The van der Waals surface area contributed by atoms with Crippen molar-refractivity contribution in [2.75, 3.05) is 4.72 Å². The van der Waals surface area contributed by atoms with Crippen molar-refractivity contribution in [1.29, 1.82) is 0 Å². The zero-order chi connectivity index (χ0) is 14.9. The van der Waals surface area contributed by atoms with Gasteiger partial charge >= 0.3 is 0 Å². The van der Waals surface area contributed by atoms with Crippen LogP contribution >= 0.6 is 27.5 Å². The van der Waals surface area contributed by atoms with Crippen LogP contribution in [0.4, 0.5) is 5.69 Å². The molecular weight excluding hydrogens is 368 g/mol. The van der Waals surface area contributed by atoms with E-state index in [1.165, 1.54) is 0 Å². The minimum Gasteiger partial charge on any atom is -0.325 e. The van der Waals surface area contributed by atoms with E-state index in [-0.39, 0.29) is 17.1 Å². The summed E-state index contributed by atoms with van der Waals surface area (Å²) in [5, 5.41) is 6.90. The Bertz CT molecular complexity index is 745. The second kappa shape index (κ2) is 5.72. The predicted molar refractivity (Wildman–Crippen MR) is 81.2 cm³/mol. The number of anilines is 1. The van der Waals surface area contributed by atoms with E-state index in [4.69, 9.17) is 17.3 Å². The number of aromatic amines is 1. The van der Waals surface area contributed by atoms with Crippen LogP contribution in [-0.4, -0.2) is 18.6 Å². The summed E-state index contributed by atoms with van der Waals surface area (Å²) in [6, 6.07) is 4.90. The van der Waals surface area contributed by atoms with E-state index < -0.39 is 10.0 Å². The van der Waals surface area contributed by atoms with E-state index in [1.807, 2.05) is 0 Å². The van der Waals surface area contributed by atoms with Crippen molar-refractivity contribution in [2.24, 2.45) is 5.73 Å². The van der Waals surface area contributed by atoms with Crippen LogP contribution in [-0.2, 0) is 16.6 Å². The van der Waals surface area contributed by atoms with Crippen LogP contribution in [0.5, 0.6) is 0 Å². The SMILES string of the molecule is Cc1[nH]nc(CN)c1S(=O)(=O)Nc1cccc(Cl)c1Br. The first-order chi connectivity index (χ1) is 9.36. The van der Waals surface area contributed by atoms with Gasteiger partial charge in [-0.3, -0.25) is 9.82 Å². The number of benzene rings is 1. The van der Waals surface area contributed by atoms with Crippen molar-refractivity contribution >= 4 is 43.2 Å². The van der Waals surface area contributed by atoms with E-state index in [0.29, 0.717) is 20.9 Å². The monoisotopic (exact) mass is 378 g/mol. The average molecular weight is 380 g/mol. The van der Waals surface area contributed by atoms with Gasteiger partial charge in [0.1, 0.15) is 4.90 Å². The molecule has 0 amide bonds. The van der Waals surface area contributed by atoms with Crippen LogP contribution in [0.3, 0.4) is 0 Å². The number of halogens is 2. The van der Waals surface area contributed by atoms with Crippen molar-refractivity contribution in [3.8, 4) is 0 Å². The van der Waals surface area contributed by atoms with Crippen LogP contribution in [0, 0.1) is 6.92 Å². The predicted octanol–water partition coefficient (Wildman–Crippen LogP) is 2.39. The fraction of sp³-hybridized carbons (Fsp3) is 0.182. The van der Waals surface area contributed by atoms with E-state index in [1.54, 1.807) is 25.1 Å². The molecule has 20 heavy (non-hydrogen) atoms. The summed E-state index contributed by atoms with van der Waals surface area (Å²) in [7, 11) is -3.80. The number of aromatic nitrogens is 2. The quantitative estimate of drug-likeness (QED) is 0.759. The van der Waals surface area contributed by atoms with Crippen LogP contribution in [0.15, 0.2) is 27.6 Å². The highest BCUT2D eigenvalue weighted by molar-refractivity contribution is 9.10. The second-order valence-corrected chi connectivity index (χ2v) is 6.85. The van der Waals surface area contributed by atoms with Crippen LogP contribution in [0.2, 0.25) is 5.02 Å². The smallest absolute Gasteiger partial charge is 0.265 e. The van der Waals surface area contributed by atoms with Crippen molar-refractivity contribution in [2.45, 2.75) is 18.4 Å². The Morgan fingerprint density at radius 3 is 2.85 bits per heavy atom. The molecule has 1 aromatic carbocycles. The first kappa shape index (κ1) is 15.3. The number of rotatable bonds is 4. The summed E-state index contributed by atoms with van der Waals surface area (Å²) in [4.78, 5) is 0.0619. The Balaban J connectivity index is 2.46. The number of H-pyrrole nitrogens is 1. The van der Waals surface area contributed by atoms with Gasteiger partial charge in [-0.05, 0) is 35.0 Å². The number of nitrogens with two attached hydrogens (primary N) is 1. The van der Waals surface area contributed by atoms with Crippen molar-refractivity contribution in [1.82, 2.24) is 10.2 Å². The largest absolute Gasteiger partial charge is 0.325 e. The number of nitrogens with zero attached hydrogens (tertiary/aromatic N) is 1. The van der Waals surface area contributed by atoms with Crippen molar-refractivity contribution in [3.05, 3.63) is 39.1 Å². The molecule has 9 heteroatoms. The highest BCUT2D eigenvalue weighted by Gasteiger charge is 2.24. The van der Waals surface area contributed by atoms with E-state index >= 15 is 0 Å². The molecule has 1 heterocycles. The normalized spacial score (nSPS) is 11.6. The average Bonchev–Trinajstić information content (AvgIpc) is 2.77. The van der Waals surface area contributed by atoms with Gasteiger partial charge in [0.05, 0.1) is 26.6 Å². The number of hydrogen-bond donors (Lipinski definition) is 3. The van der Waals surface area contributed by atoms with Crippen molar-refractivity contribution < 1.29 is 8.42 Å². The summed E-state index contributed by atoms with van der Waals surface area (Å²) < 4.78 is 27.8. The highest BCUT2D eigenvalue weighted by Crippen LogP contribution is 2.32. The molecule has 6 nitrogen and oxygen atoms in total. The fourth-order valence-electron chi connectivity index (χ4n) is 1.74. The van der Waals surface area contributed by atoms with Gasteiger partial charge in [0.2, 0.25) is 0 Å². The molecule has 2 aromatic rings. The zero-order valence-corrected chi connectivity index (χ0v) is 13.6. The summed E-state index contributed by atoms with van der Waals surface area (Å²) in [6.07, 6.45) is 0. The Labute approximate surface area is 129 Å². The lowest BCUT2D eigenvalue weighted by atomic mass is 10.3. The van der Waals surface area contributed by atoms with Crippen molar-refractivity contribution in [3.63, 3.8) is 0 Å². The minimum atomic E-state index is -3.80. The summed E-state index contributed by atoms with van der Waals surface area (Å²) in [6.45, 7) is 1.64. The maximum Gasteiger partial charge on any atom is 0.265 e. The van der Waals surface area contributed by atoms with Gasteiger partial charge in [0.15, 0.2) is 0 Å². The second-order valence-electron chi connectivity index (χ2n) is 4.04. The molecule has 0 spiro atoms. The Morgan fingerprint density at radius 2 is 2.20 bits per heavy atom. The first-order valence-electron chi connectivity index (χ1n) is 5.57. The van der Waals surface area contributed by atoms with Gasteiger partial charge in [-0.2, -0.15) is 5.10 Å². The molecule has 0 saturated carbocycles. The van der Waals surface area contributed by atoms with E-state index in [2.05, 4.69) is 30.8 Å².